The Balaban J connectivity index is 1.74. The van der Waals surface area contributed by atoms with Crippen molar-refractivity contribution in [1.82, 2.24) is 0 Å². The molecule has 4 rings (SSSR count). The van der Waals surface area contributed by atoms with Crippen molar-refractivity contribution in [1.29, 1.82) is 0 Å². The van der Waals surface area contributed by atoms with Gasteiger partial charge in [-0.25, -0.2) is 0 Å². The molecule has 3 aromatic rings. The number of ether oxygens (including phenoxy) is 3. The minimum atomic E-state index is -4.63. The second-order valence-electron chi connectivity index (χ2n) is 9.81. The van der Waals surface area contributed by atoms with Crippen LogP contribution in [0.4, 0.5) is 13.2 Å². The molecule has 2 aromatic carbocycles. The normalized spacial score (nSPS) is 16.7. The molecule has 1 aliphatic rings. The highest BCUT2D eigenvalue weighted by Crippen LogP contribution is 2.40. The number of hydrogen-bond acceptors (Lipinski definition) is 7. The smallest absolute Gasteiger partial charge is 0.497 e. The molecule has 198 valence electrons. The van der Waals surface area contributed by atoms with Crippen molar-refractivity contribution >= 4 is 29.5 Å². The molecule has 0 N–H and O–H groups in total. The van der Waals surface area contributed by atoms with Crippen LogP contribution >= 0.6 is 0 Å². The van der Waals surface area contributed by atoms with E-state index in [2.05, 4.69) is 0 Å². The van der Waals surface area contributed by atoms with Crippen molar-refractivity contribution in [3.63, 3.8) is 0 Å². The third-order valence-electron chi connectivity index (χ3n) is 6.81. The van der Waals surface area contributed by atoms with Crippen LogP contribution in [0.15, 0.2) is 41.0 Å². The van der Waals surface area contributed by atoms with E-state index < -0.39 is 36.0 Å². The van der Waals surface area contributed by atoms with Gasteiger partial charge >= 0.3 is 19.3 Å². The largest absolute Gasteiger partial charge is 0.498 e. The Morgan fingerprint density at radius 2 is 1.70 bits per heavy atom. The first-order valence-corrected chi connectivity index (χ1v) is 11.6. The van der Waals surface area contributed by atoms with Crippen LogP contribution in [0.1, 0.15) is 44.4 Å². The van der Waals surface area contributed by atoms with Crippen LogP contribution in [-0.2, 0) is 38.0 Å². The third-order valence-corrected chi connectivity index (χ3v) is 6.81. The zero-order chi connectivity index (χ0) is 27.2. The molecule has 7 nitrogen and oxygen atoms in total. The Kier molecular flexibility index (Phi) is 6.98. The van der Waals surface area contributed by atoms with Gasteiger partial charge in [-0.3, -0.25) is 4.79 Å². The Morgan fingerprint density at radius 1 is 1.03 bits per heavy atom. The number of benzene rings is 2. The lowest BCUT2D eigenvalue weighted by atomic mass is 9.77. The Labute approximate surface area is 212 Å². The molecule has 0 radical (unpaired) electrons. The summed E-state index contributed by atoms with van der Waals surface area (Å²) in [4.78, 5) is 11.9. The van der Waals surface area contributed by atoms with Crippen molar-refractivity contribution < 1.29 is 45.9 Å². The number of fused-ring (bicyclic) bond motifs is 1. The number of carbonyl (C=O) groups is 1. The zero-order valence-electron chi connectivity index (χ0n) is 21.4. The highest BCUT2D eigenvalue weighted by molar-refractivity contribution is 6.64. The van der Waals surface area contributed by atoms with Crippen LogP contribution in [0.5, 0.6) is 11.5 Å². The third kappa shape index (κ3) is 5.28. The summed E-state index contributed by atoms with van der Waals surface area (Å²) in [6.07, 6.45) is -3.98. The molecule has 11 heteroatoms. The Morgan fingerprint density at radius 3 is 2.30 bits per heavy atom. The molecule has 37 heavy (non-hydrogen) atoms. The van der Waals surface area contributed by atoms with Gasteiger partial charge in [0.05, 0.1) is 31.8 Å². The van der Waals surface area contributed by atoms with Crippen molar-refractivity contribution in [3.05, 3.63) is 53.3 Å². The first-order chi connectivity index (χ1) is 17.3. The van der Waals surface area contributed by atoms with Gasteiger partial charge in [0.1, 0.15) is 35.5 Å². The van der Waals surface area contributed by atoms with E-state index in [0.717, 1.165) is 0 Å². The standard InChI is InChI=1S/C26H28BF3O7/c1-24(2)25(3,4)37-27(36-24)20-10-15(9-18-19(26(28,29)30)14-35-23(18)20)13-34-21-12-17(32-5)8-7-16(21)11-22(31)33-6/h7-10,12,14H,11,13H2,1-6H3. The first-order valence-electron chi connectivity index (χ1n) is 11.6. The quantitative estimate of drug-likeness (QED) is 0.319. The predicted molar refractivity (Wildman–Crippen MR) is 130 cm³/mol. The lowest BCUT2D eigenvalue weighted by Gasteiger charge is -2.32. The van der Waals surface area contributed by atoms with Crippen molar-refractivity contribution in [2.24, 2.45) is 0 Å². The number of alkyl halides is 3. The molecular weight excluding hydrogens is 492 g/mol. The maximum absolute atomic E-state index is 13.8. The minimum Gasteiger partial charge on any atom is -0.497 e. The summed E-state index contributed by atoms with van der Waals surface area (Å²) in [5.41, 5.74) is -1.00. The Bertz CT molecular complexity index is 1300. The molecule has 2 heterocycles. The van der Waals surface area contributed by atoms with Gasteiger partial charge in [-0.15, -0.1) is 0 Å². The molecule has 0 bridgehead atoms. The van der Waals surface area contributed by atoms with E-state index in [4.69, 9.17) is 27.9 Å². The molecule has 0 spiro atoms. The van der Waals surface area contributed by atoms with Crippen LogP contribution in [-0.4, -0.2) is 38.5 Å². The molecule has 0 aliphatic carbocycles. The van der Waals surface area contributed by atoms with Crippen LogP contribution in [0.25, 0.3) is 11.0 Å². The predicted octanol–water partition coefficient (Wildman–Crippen LogP) is 5.05. The minimum absolute atomic E-state index is 0.0299. The van der Waals surface area contributed by atoms with Crippen LogP contribution in [0, 0.1) is 0 Å². The van der Waals surface area contributed by atoms with Gasteiger partial charge in [-0.2, -0.15) is 13.2 Å². The van der Waals surface area contributed by atoms with Crippen molar-refractivity contribution in [3.8, 4) is 11.5 Å². The van der Waals surface area contributed by atoms with Gasteiger partial charge in [0.2, 0.25) is 0 Å². The maximum Gasteiger partial charge on any atom is 0.498 e. The van der Waals surface area contributed by atoms with Gasteiger partial charge < -0.3 is 27.9 Å². The molecule has 1 aromatic heterocycles. The highest BCUT2D eigenvalue weighted by Gasteiger charge is 2.52. The summed E-state index contributed by atoms with van der Waals surface area (Å²) in [7, 11) is 1.81. The fraction of sp³-hybridized carbons (Fsp3) is 0.423. The van der Waals surface area contributed by atoms with Crippen LogP contribution in [0.3, 0.4) is 0 Å². The summed E-state index contributed by atoms with van der Waals surface area (Å²) in [6.45, 7) is 7.31. The average molecular weight is 520 g/mol. The number of halogens is 3. The van der Waals surface area contributed by atoms with Crippen LogP contribution < -0.4 is 14.9 Å². The van der Waals surface area contributed by atoms with E-state index >= 15 is 0 Å². The molecule has 1 saturated heterocycles. The number of carbonyl (C=O) groups excluding carboxylic acids is 1. The van der Waals surface area contributed by atoms with Crippen LogP contribution in [0.2, 0.25) is 0 Å². The topological polar surface area (TPSA) is 76.4 Å². The summed E-state index contributed by atoms with van der Waals surface area (Å²) in [5.74, 6) is 0.365. The number of hydrogen-bond donors (Lipinski definition) is 0. The van der Waals surface area contributed by atoms with Gasteiger partial charge in [-0.05, 0) is 45.4 Å². The molecule has 0 unspecified atom stereocenters. The van der Waals surface area contributed by atoms with E-state index in [1.165, 1.54) is 20.3 Å². The van der Waals surface area contributed by atoms with E-state index in [9.17, 15) is 18.0 Å². The second kappa shape index (κ2) is 9.61. The molecule has 1 aliphatic heterocycles. The fourth-order valence-electron chi connectivity index (χ4n) is 4.01. The monoisotopic (exact) mass is 520 g/mol. The molecule has 0 atom stereocenters. The van der Waals surface area contributed by atoms with Gasteiger partial charge in [0, 0.05) is 22.5 Å². The van der Waals surface area contributed by atoms with E-state index in [1.54, 1.807) is 24.3 Å². The number of furan rings is 1. The molecule has 0 saturated carbocycles. The van der Waals surface area contributed by atoms with Gasteiger partial charge in [0.15, 0.2) is 0 Å². The summed E-state index contributed by atoms with van der Waals surface area (Å²) in [6, 6.07) is 7.96. The second-order valence-corrected chi connectivity index (χ2v) is 9.81. The van der Waals surface area contributed by atoms with E-state index in [0.29, 0.717) is 34.4 Å². The number of rotatable bonds is 7. The first kappa shape index (κ1) is 26.9. The zero-order valence-corrected chi connectivity index (χ0v) is 21.4. The summed E-state index contributed by atoms with van der Waals surface area (Å²) < 4.78 is 74.9. The molecular formula is C26H28BF3O7. The van der Waals surface area contributed by atoms with Gasteiger partial charge in [-0.1, -0.05) is 12.1 Å². The van der Waals surface area contributed by atoms with Crippen molar-refractivity contribution in [2.75, 3.05) is 14.2 Å². The summed E-state index contributed by atoms with van der Waals surface area (Å²) in [5, 5.41) is -0.126. The summed E-state index contributed by atoms with van der Waals surface area (Å²) >= 11 is 0. The lowest BCUT2D eigenvalue weighted by molar-refractivity contribution is -0.140. The number of esters is 1. The van der Waals surface area contributed by atoms with E-state index in [-0.39, 0.29) is 24.0 Å². The highest BCUT2D eigenvalue weighted by atomic mass is 19.4. The molecule has 1 fully saturated rings. The van der Waals surface area contributed by atoms with Gasteiger partial charge in [0.25, 0.3) is 0 Å². The van der Waals surface area contributed by atoms with E-state index in [1.807, 2.05) is 27.7 Å². The average Bonchev–Trinajstić information content (AvgIpc) is 3.35. The SMILES string of the molecule is COC(=O)Cc1ccc(OC)cc1OCc1cc(B2OC(C)(C)C(C)(C)O2)c2occ(C(F)(F)F)c2c1. The molecule has 0 amide bonds. The van der Waals surface area contributed by atoms with Crippen molar-refractivity contribution in [2.45, 2.75) is 58.1 Å². The lowest BCUT2D eigenvalue weighted by Crippen LogP contribution is -2.41. The fourth-order valence-corrected chi connectivity index (χ4v) is 4.01. The Hall–Kier alpha value is -3.18. The maximum atomic E-state index is 13.8. The number of methoxy groups -OCH3 is 2.